The molecule has 1 aromatic carbocycles. The Hall–Kier alpha value is -3.00. The number of nitrogens with zero attached hydrogens (tertiary/aromatic N) is 2. The summed E-state index contributed by atoms with van der Waals surface area (Å²) < 4.78 is 12.0. The molecule has 0 saturated carbocycles. The fraction of sp³-hybridized carbons (Fsp3) is 0.263. The second kappa shape index (κ2) is 8.02. The molecule has 0 atom stereocenters. The lowest BCUT2D eigenvalue weighted by atomic mass is 10.2. The van der Waals surface area contributed by atoms with E-state index in [1.165, 1.54) is 6.08 Å². The third-order valence-electron chi connectivity index (χ3n) is 3.54. The second-order valence-electron chi connectivity index (χ2n) is 5.18. The zero-order valence-corrected chi connectivity index (χ0v) is 14.3. The van der Waals surface area contributed by atoms with E-state index >= 15 is 0 Å². The van der Waals surface area contributed by atoms with Gasteiger partial charge in [-0.3, -0.25) is 4.68 Å². The average molecular weight is 324 g/mol. The van der Waals surface area contributed by atoms with E-state index in [9.17, 15) is 4.79 Å². The van der Waals surface area contributed by atoms with E-state index in [1.807, 2.05) is 45.2 Å². The first-order valence-electron chi connectivity index (χ1n) is 7.49. The van der Waals surface area contributed by atoms with Gasteiger partial charge in [-0.1, -0.05) is 17.9 Å². The summed E-state index contributed by atoms with van der Waals surface area (Å²) in [6, 6.07) is 7.39. The fourth-order valence-corrected chi connectivity index (χ4v) is 2.18. The molecule has 1 heterocycles. The normalized spacial score (nSPS) is 10.3. The predicted octanol–water partition coefficient (Wildman–Crippen LogP) is 2.65. The van der Waals surface area contributed by atoms with Gasteiger partial charge < -0.3 is 9.47 Å². The number of carbonyl (C=O) groups excluding carboxylic acids is 1. The molecule has 0 fully saturated rings. The van der Waals surface area contributed by atoms with Crippen LogP contribution < -0.4 is 4.74 Å². The summed E-state index contributed by atoms with van der Waals surface area (Å²) in [5.74, 6) is 6.04. The molecule has 2 aromatic rings. The first kappa shape index (κ1) is 17.4. The Balaban J connectivity index is 1.90. The number of hydrogen-bond acceptors (Lipinski definition) is 4. The Morgan fingerprint density at radius 2 is 2.17 bits per heavy atom. The standard InChI is InChI=1S/C19H20N2O3/c1-14-18(15(2)21(3)20-14)10-11-19(22)24-12-6-8-16-7-5-9-17(13-16)23-4/h5,7,9-11,13H,12H2,1-4H3/b11-10+. The minimum Gasteiger partial charge on any atom is -0.497 e. The summed E-state index contributed by atoms with van der Waals surface area (Å²) in [4.78, 5) is 11.7. The molecule has 1 aromatic heterocycles. The summed E-state index contributed by atoms with van der Waals surface area (Å²) in [6.45, 7) is 3.88. The van der Waals surface area contributed by atoms with E-state index in [2.05, 4.69) is 16.9 Å². The molecular formula is C19H20N2O3. The number of aryl methyl sites for hydroxylation is 2. The van der Waals surface area contributed by atoms with Crippen LogP contribution >= 0.6 is 0 Å². The van der Waals surface area contributed by atoms with Gasteiger partial charge in [0.25, 0.3) is 0 Å². The number of carbonyl (C=O) groups is 1. The first-order chi connectivity index (χ1) is 11.5. The Bertz CT molecular complexity index is 823. The van der Waals surface area contributed by atoms with Gasteiger partial charge in [-0.2, -0.15) is 5.10 Å². The highest BCUT2D eigenvalue weighted by molar-refractivity contribution is 5.87. The van der Waals surface area contributed by atoms with Crippen LogP contribution in [-0.4, -0.2) is 29.5 Å². The molecule has 124 valence electrons. The van der Waals surface area contributed by atoms with Crippen molar-refractivity contribution in [2.45, 2.75) is 13.8 Å². The van der Waals surface area contributed by atoms with Crippen molar-refractivity contribution in [1.82, 2.24) is 9.78 Å². The topological polar surface area (TPSA) is 53.4 Å². The van der Waals surface area contributed by atoms with E-state index in [1.54, 1.807) is 17.9 Å². The van der Waals surface area contributed by atoms with Crippen molar-refractivity contribution in [3.63, 3.8) is 0 Å². The quantitative estimate of drug-likeness (QED) is 0.493. The minimum absolute atomic E-state index is 0.0331. The maximum atomic E-state index is 11.7. The largest absolute Gasteiger partial charge is 0.497 e. The lowest BCUT2D eigenvalue weighted by molar-refractivity contribution is -0.136. The van der Waals surface area contributed by atoms with Gasteiger partial charge in [-0.05, 0) is 38.1 Å². The van der Waals surface area contributed by atoms with E-state index < -0.39 is 5.97 Å². The molecule has 0 unspecified atom stereocenters. The smallest absolute Gasteiger partial charge is 0.331 e. The monoisotopic (exact) mass is 324 g/mol. The van der Waals surface area contributed by atoms with Crippen LogP contribution in [-0.2, 0) is 16.6 Å². The van der Waals surface area contributed by atoms with Crippen LogP contribution in [0.1, 0.15) is 22.5 Å². The van der Waals surface area contributed by atoms with Crippen LogP contribution in [0.2, 0.25) is 0 Å². The van der Waals surface area contributed by atoms with Crippen LogP contribution in [0.3, 0.4) is 0 Å². The SMILES string of the molecule is COc1cccc(C#CCOC(=O)/C=C/c2c(C)nn(C)c2C)c1. The highest BCUT2D eigenvalue weighted by Gasteiger charge is 2.06. The molecule has 0 aliphatic carbocycles. The summed E-state index contributed by atoms with van der Waals surface area (Å²) in [5, 5.41) is 4.29. The molecule has 0 aliphatic heterocycles. The predicted molar refractivity (Wildman–Crippen MR) is 92.5 cm³/mol. The summed E-state index contributed by atoms with van der Waals surface area (Å²) in [7, 11) is 3.47. The number of aromatic nitrogens is 2. The molecule has 2 rings (SSSR count). The van der Waals surface area contributed by atoms with Gasteiger partial charge in [0.15, 0.2) is 6.61 Å². The Morgan fingerprint density at radius 3 is 2.83 bits per heavy atom. The molecule has 0 saturated heterocycles. The Kier molecular flexibility index (Phi) is 5.80. The van der Waals surface area contributed by atoms with E-state index in [4.69, 9.17) is 9.47 Å². The van der Waals surface area contributed by atoms with Crippen LogP contribution in [0.5, 0.6) is 5.75 Å². The number of ether oxygens (including phenoxy) is 2. The van der Waals surface area contributed by atoms with Gasteiger partial charge in [0.2, 0.25) is 0 Å². The van der Waals surface area contributed by atoms with Crippen molar-refractivity contribution < 1.29 is 14.3 Å². The van der Waals surface area contributed by atoms with Gasteiger partial charge in [0, 0.05) is 29.9 Å². The zero-order chi connectivity index (χ0) is 17.5. The third-order valence-corrected chi connectivity index (χ3v) is 3.54. The second-order valence-corrected chi connectivity index (χ2v) is 5.18. The van der Waals surface area contributed by atoms with Crippen LogP contribution in [0, 0.1) is 25.7 Å². The minimum atomic E-state index is -0.433. The van der Waals surface area contributed by atoms with Crippen molar-refractivity contribution in [2.24, 2.45) is 7.05 Å². The van der Waals surface area contributed by atoms with Crippen molar-refractivity contribution in [1.29, 1.82) is 0 Å². The number of hydrogen-bond donors (Lipinski definition) is 0. The molecular weight excluding hydrogens is 304 g/mol. The van der Waals surface area contributed by atoms with Crippen LogP contribution in [0.25, 0.3) is 6.08 Å². The van der Waals surface area contributed by atoms with E-state index in [-0.39, 0.29) is 6.61 Å². The molecule has 5 heteroatoms. The molecule has 0 aliphatic rings. The van der Waals surface area contributed by atoms with E-state index in [0.717, 1.165) is 28.3 Å². The Labute approximate surface area is 141 Å². The van der Waals surface area contributed by atoms with Crippen LogP contribution in [0.4, 0.5) is 0 Å². The van der Waals surface area contributed by atoms with Crippen LogP contribution in [0.15, 0.2) is 30.3 Å². The molecule has 0 radical (unpaired) electrons. The summed E-state index contributed by atoms with van der Waals surface area (Å²) in [5.41, 5.74) is 3.60. The van der Waals surface area contributed by atoms with E-state index in [0.29, 0.717) is 0 Å². The highest BCUT2D eigenvalue weighted by atomic mass is 16.5. The van der Waals surface area contributed by atoms with Crippen molar-refractivity contribution in [3.8, 4) is 17.6 Å². The third kappa shape index (κ3) is 4.50. The van der Waals surface area contributed by atoms with Gasteiger partial charge in [0.1, 0.15) is 5.75 Å². The number of benzene rings is 1. The van der Waals surface area contributed by atoms with Crippen molar-refractivity contribution >= 4 is 12.0 Å². The maximum absolute atomic E-state index is 11.7. The average Bonchev–Trinajstić information content (AvgIpc) is 2.82. The number of rotatable bonds is 4. The number of esters is 1. The van der Waals surface area contributed by atoms with Crippen molar-refractivity contribution in [3.05, 3.63) is 52.9 Å². The molecule has 0 N–H and O–H groups in total. The lowest BCUT2D eigenvalue weighted by Crippen LogP contribution is -2.00. The molecule has 0 bridgehead atoms. The first-order valence-corrected chi connectivity index (χ1v) is 7.49. The molecule has 5 nitrogen and oxygen atoms in total. The molecule has 0 spiro atoms. The summed E-state index contributed by atoms with van der Waals surface area (Å²) in [6.07, 6.45) is 3.11. The molecule has 0 amide bonds. The lowest BCUT2D eigenvalue weighted by Gasteiger charge is -1.98. The van der Waals surface area contributed by atoms with Gasteiger partial charge >= 0.3 is 5.97 Å². The van der Waals surface area contributed by atoms with Crippen molar-refractivity contribution in [2.75, 3.05) is 13.7 Å². The van der Waals surface area contributed by atoms with Gasteiger partial charge in [-0.25, -0.2) is 4.79 Å². The zero-order valence-electron chi connectivity index (χ0n) is 14.3. The summed E-state index contributed by atoms with van der Waals surface area (Å²) >= 11 is 0. The molecule has 24 heavy (non-hydrogen) atoms. The number of methoxy groups -OCH3 is 1. The van der Waals surface area contributed by atoms with Gasteiger partial charge in [0.05, 0.1) is 12.8 Å². The fourth-order valence-electron chi connectivity index (χ4n) is 2.18. The van der Waals surface area contributed by atoms with Gasteiger partial charge in [-0.15, -0.1) is 0 Å². The maximum Gasteiger partial charge on any atom is 0.331 e. The highest BCUT2D eigenvalue weighted by Crippen LogP contribution is 2.13. The Morgan fingerprint density at radius 1 is 1.38 bits per heavy atom.